The summed E-state index contributed by atoms with van der Waals surface area (Å²) >= 11 is 0. The van der Waals surface area contributed by atoms with E-state index in [1.807, 2.05) is 0 Å². The van der Waals surface area contributed by atoms with Gasteiger partial charge in [0, 0.05) is 5.56 Å². The number of carbonyl (C=O) groups excluding carboxylic acids is 1. The van der Waals surface area contributed by atoms with Gasteiger partial charge < -0.3 is 4.74 Å². The van der Waals surface area contributed by atoms with Gasteiger partial charge >= 0.3 is 6.18 Å². The van der Waals surface area contributed by atoms with Crippen LogP contribution in [-0.4, -0.2) is 18.1 Å². The van der Waals surface area contributed by atoms with Crippen LogP contribution in [0.15, 0.2) is 24.3 Å². The van der Waals surface area contributed by atoms with Crippen LogP contribution in [0.4, 0.5) is 13.2 Å². The number of ether oxygens (including phenoxy) is 1. The van der Waals surface area contributed by atoms with Crippen LogP contribution < -0.4 is 4.74 Å². The van der Waals surface area contributed by atoms with E-state index in [1.165, 1.54) is 18.2 Å². The average molecular weight is 244 g/mol. The van der Waals surface area contributed by atoms with E-state index in [1.54, 1.807) is 6.07 Å². The van der Waals surface area contributed by atoms with E-state index in [0.717, 1.165) is 12.8 Å². The van der Waals surface area contributed by atoms with Gasteiger partial charge in [-0.25, -0.2) is 0 Å². The van der Waals surface area contributed by atoms with E-state index in [-0.39, 0.29) is 11.7 Å². The molecule has 0 aliphatic heterocycles. The zero-order valence-corrected chi connectivity index (χ0v) is 8.96. The molecule has 17 heavy (non-hydrogen) atoms. The van der Waals surface area contributed by atoms with E-state index >= 15 is 0 Å². The average Bonchev–Trinajstić information content (AvgIpc) is 2.99. The fourth-order valence-corrected chi connectivity index (χ4v) is 1.41. The minimum atomic E-state index is -4.47. The summed E-state index contributed by atoms with van der Waals surface area (Å²) < 4.78 is 41.6. The summed E-state index contributed by atoms with van der Waals surface area (Å²) in [6.45, 7) is 0. The van der Waals surface area contributed by atoms with Crippen molar-refractivity contribution in [2.45, 2.75) is 31.5 Å². The van der Waals surface area contributed by atoms with Crippen molar-refractivity contribution in [3.8, 4) is 5.75 Å². The lowest BCUT2D eigenvalue weighted by atomic mass is 10.1. The number of hydrogen-bond donors (Lipinski definition) is 0. The molecular formula is C12H11F3O2. The maximum atomic E-state index is 12.1. The van der Waals surface area contributed by atoms with Crippen LogP contribution in [0.3, 0.4) is 0 Å². The molecule has 0 radical (unpaired) electrons. The number of hydrogen-bond acceptors (Lipinski definition) is 2. The van der Waals surface area contributed by atoms with Crippen LogP contribution in [0.25, 0.3) is 0 Å². The molecule has 5 heteroatoms. The Bertz CT molecular complexity index is 422. The van der Waals surface area contributed by atoms with Crippen LogP contribution in [0, 0.1) is 0 Å². The molecule has 0 unspecified atom stereocenters. The van der Waals surface area contributed by atoms with Gasteiger partial charge in [0.2, 0.25) is 0 Å². The van der Waals surface area contributed by atoms with Gasteiger partial charge in [-0.3, -0.25) is 4.79 Å². The molecule has 1 aromatic carbocycles. The Morgan fingerprint density at radius 3 is 2.65 bits per heavy atom. The molecule has 0 atom stereocenters. The molecule has 1 aromatic rings. The Balaban J connectivity index is 2.06. The molecule has 2 rings (SSSR count). The third kappa shape index (κ3) is 3.76. The Hall–Kier alpha value is -1.52. The second-order valence-electron chi connectivity index (χ2n) is 4.06. The second-order valence-corrected chi connectivity index (χ2v) is 4.06. The molecule has 0 spiro atoms. The van der Waals surface area contributed by atoms with Gasteiger partial charge in [-0.05, 0) is 25.0 Å². The molecule has 0 amide bonds. The van der Waals surface area contributed by atoms with E-state index in [0.29, 0.717) is 5.75 Å². The van der Waals surface area contributed by atoms with Crippen molar-refractivity contribution in [3.05, 3.63) is 29.8 Å². The third-order valence-corrected chi connectivity index (χ3v) is 2.34. The van der Waals surface area contributed by atoms with Crippen molar-refractivity contribution in [1.29, 1.82) is 0 Å². The minimum Gasteiger partial charge on any atom is -0.490 e. The lowest BCUT2D eigenvalue weighted by Gasteiger charge is -2.08. The van der Waals surface area contributed by atoms with Crippen molar-refractivity contribution in [2.24, 2.45) is 0 Å². The Labute approximate surface area is 96.4 Å². The highest BCUT2D eigenvalue weighted by Crippen LogP contribution is 2.28. The van der Waals surface area contributed by atoms with Crippen molar-refractivity contribution in [1.82, 2.24) is 0 Å². The molecule has 2 nitrogen and oxygen atoms in total. The van der Waals surface area contributed by atoms with Crippen molar-refractivity contribution >= 4 is 5.78 Å². The topological polar surface area (TPSA) is 26.3 Å². The van der Waals surface area contributed by atoms with Gasteiger partial charge in [-0.2, -0.15) is 13.2 Å². The summed E-state index contributed by atoms with van der Waals surface area (Å²) in [6.07, 6.45) is -3.82. The highest BCUT2D eigenvalue weighted by molar-refractivity contribution is 5.96. The van der Waals surface area contributed by atoms with Crippen LogP contribution in [0.5, 0.6) is 5.75 Å². The molecule has 1 aliphatic carbocycles. The van der Waals surface area contributed by atoms with Gasteiger partial charge in [-0.1, -0.05) is 12.1 Å². The molecule has 1 aliphatic rings. The molecule has 0 heterocycles. The monoisotopic (exact) mass is 244 g/mol. The van der Waals surface area contributed by atoms with Crippen molar-refractivity contribution in [2.75, 3.05) is 0 Å². The van der Waals surface area contributed by atoms with Crippen LogP contribution in [-0.2, 0) is 0 Å². The number of Topliss-reactive ketones (excluding diaryl/α,β-unsaturated/α-hetero) is 1. The smallest absolute Gasteiger partial charge is 0.396 e. The maximum absolute atomic E-state index is 12.1. The van der Waals surface area contributed by atoms with Gasteiger partial charge in [0.15, 0.2) is 5.78 Å². The Morgan fingerprint density at radius 1 is 1.35 bits per heavy atom. The molecular weight excluding hydrogens is 233 g/mol. The van der Waals surface area contributed by atoms with E-state index < -0.39 is 18.4 Å². The van der Waals surface area contributed by atoms with Crippen molar-refractivity contribution < 1.29 is 22.7 Å². The van der Waals surface area contributed by atoms with Crippen molar-refractivity contribution in [3.63, 3.8) is 0 Å². The standard InChI is InChI=1S/C12H11F3O2/c13-12(14,15)7-11(16)8-2-1-3-10(6-8)17-9-4-5-9/h1-3,6,9H,4-5,7H2. The van der Waals surface area contributed by atoms with Gasteiger partial charge in [0.05, 0.1) is 6.10 Å². The summed E-state index contributed by atoms with van der Waals surface area (Å²) in [6, 6.07) is 5.91. The first kappa shape index (κ1) is 12.0. The predicted molar refractivity (Wildman–Crippen MR) is 55.1 cm³/mol. The van der Waals surface area contributed by atoms with Crippen LogP contribution in [0.1, 0.15) is 29.6 Å². The molecule has 92 valence electrons. The molecule has 1 saturated carbocycles. The summed E-state index contributed by atoms with van der Waals surface area (Å²) in [5.41, 5.74) is 0.0421. The largest absolute Gasteiger partial charge is 0.490 e. The summed E-state index contributed by atoms with van der Waals surface area (Å²) in [7, 11) is 0. The summed E-state index contributed by atoms with van der Waals surface area (Å²) in [5.74, 6) is -0.473. The quantitative estimate of drug-likeness (QED) is 0.759. The number of rotatable bonds is 4. The fraction of sp³-hybridized carbons (Fsp3) is 0.417. The molecule has 0 saturated heterocycles. The third-order valence-electron chi connectivity index (χ3n) is 2.34. The second kappa shape index (κ2) is 4.39. The Morgan fingerprint density at radius 2 is 2.06 bits per heavy atom. The first-order chi connectivity index (χ1) is 7.94. The van der Waals surface area contributed by atoms with Gasteiger partial charge in [0.1, 0.15) is 12.2 Å². The molecule has 0 aromatic heterocycles. The number of halogens is 3. The van der Waals surface area contributed by atoms with E-state index in [9.17, 15) is 18.0 Å². The summed E-state index contributed by atoms with van der Waals surface area (Å²) in [4.78, 5) is 11.3. The van der Waals surface area contributed by atoms with Gasteiger partial charge in [0.25, 0.3) is 0 Å². The number of benzene rings is 1. The zero-order chi connectivity index (χ0) is 12.5. The minimum absolute atomic E-state index is 0.0421. The molecule has 0 N–H and O–H groups in total. The van der Waals surface area contributed by atoms with Crippen LogP contribution in [0.2, 0.25) is 0 Å². The lowest BCUT2D eigenvalue weighted by molar-refractivity contribution is -0.125. The lowest BCUT2D eigenvalue weighted by Crippen LogP contribution is -2.15. The number of alkyl halides is 3. The predicted octanol–water partition coefficient (Wildman–Crippen LogP) is 3.36. The first-order valence-corrected chi connectivity index (χ1v) is 5.31. The number of ketones is 1. The Kier molecular flexibility index (Phi) is 3.09. The van der Waals surface area contributed by atoms with Crippen LogP contribution >= 0.6 is 0 Å². The summed E-state index contributed by atoms with van der Waals surface area (Å²) in [5, 5.41) is 0. The van der Waals surface area contributed by atoms with Gasteiger partial charge in [-0.15, -0.1) is 0 Å². The van der Waals surface area contributed by atoms with E-state index in [2.05, 4.69) is 0 Å². The normalized spacial score (nSPS) is 15.7. The maximum Gasteiger partial charge on any atom is 0.396 e. The highest BCUT2D eigenvalue weighted by atomic mass is 19.4. The fourth-order valence-electron chi connectivity index (χ4n) is 1.41. The highest BCUT2D eigenvalue weighted by Gasteiger charge is 2.31. The molecule has 0 bridgehead atoms. The van der Waals surface area contributed by atoms with E-state index in [4.69, 9.17) is 4.74 Å². The zero-order valence-electron chi connectivity index (χ0n) is 8.96. The number of carbonyl (C=O) groups is 1. The first-order valence-electron chi connectivity index (χ1n) is 5.31. The SMILES string of the molecule is O=C(CC(F)(F)F)c1cccc(OC2CC2)c1. The molecule has 1 fully saturated rings.